The predicted octanol–water partition coefficient (Wildman–Crippen LogP) is 14.5. The van der Waals surface area contributed by atoms with Crippen LogP contribution in [0.3, 0.4) is 0 Å². The summed E-state index contributed by atoms with van der Waals surface area (Å²) in [5.41, 5.74) is 2.66. The van der Waals surface area contributed by atoms with E-state index in [4.69, 9.17) is 0 Å². The van der Waals surface area contributed by atoms with Gasteiger partial charge in [-0.05, 0) is 422 Å². The molecule has 17 saturated heterocycles. The number of piperidine rings is 10. The lowest BCUT2D eigenvalue weighted by molar-refractivity contribution is -0.183. The maximum atomic E-state index is 13.0. The molecule has 18 aliphatic heterocycles. The molecule has 18 fully saturated rings. The third kappa shape index (κ3) is 33.0. The van der Waals surface area contributed by atoms with E-state index in [1.807, 2.05) is 23.9 Å². The third-order valence-electron chi connectivity index (χ3n) is 34.3. The zero-order chi connectivity index (χ0) is 96.0. The molecule has 0 aromatic heterocycles. The van der Waals surface area contributed by atoms with Gasteiger partial charge in [-0.15, -0.1) is 0 Å². The molecule has 1 aliphatic carbocycles. The molecule has 0 spiro atoms. The molecule has 0 radical (unpaired) electrons. The molecular formula is C101H178F13N19O. The fourth-order valence-corrected chi connectivity index (χ4v) is 25.5. The zero-order valence-corrected chi connectivity index (χ0v) is 84.0. The van der Waals surface area contributed by atoms with E-state index < -0.39 is 55.2 Å². The van der Waals surface area contributed by atoms with E-state index in [-0.39, 0.29) is 62.7 Å². The molecule has 1 aromatic rings. The second-order valence-electron chi connectivity index (χ2n) is 44.1. The lowest BCUT2D eigenvalue weighted by Gasteiger charge is -2.38. The van der Waals surface area contributed by atoms with Crippen molar-refractivity contribution in [1.82, 2.24) is 93.5 Å². The molecule has 33 heteroatoms. The summed E-state index contributed by atoms with van der Waals surface area (Å²) < 4.78 is 167. The minimum absolute atomic E-state index is 0.0125. The number of urea groups is 1. The van der Waals surface area contributed by atoms with Crippen LogP contribution >= 0.6 is 0 Å². The fraction of sp³-hybridized carbons (Fsp3) is 0.931. The highest BCUT2D eigenvalue weighted by molar-refractivity contribution is 5.75. The highest BCUT2D eigenvalue weighted by Crippen LogP contribution is 2.47. The molecule has 0 bridgehead atoms. The highest BCUT2D eigenvalue weighted by Gasteiger charge is 2.52. The summed E-state index contributed by atoms with van der Waals surface area (Å²) in [6.45, 7) is 30.5. The van der Waals surface area contributed by atoms with Gasteiger partial charge in [0, 0.05) is 120 Å². The van der Waals surface area contributed by atoms with Crippen molar-refractivity contribution < 1.29 is 61.9 Å². The van der Waals surface area contributed by atoms with Crippen molar-refractivity contribution in [1.29, 1.82) is 0 Å². The van der Waals surface area contributed by atoms with Crippen LogP contribution in [0.25, 0.3) is 0 Å². The minimum Gasteiger partial charge on any atom is -0.341 e. The second-order valence-corrected chi connectivity index (χ2v) is 44.1. The smallest absolute Gasteiger partial charge is 0.341 e. The van der Waals surface area contributed by atoms with Gasteiger partial charge in [0.15, 0.2) is 0 Å². The SMILES string of the molecule is CN1CCC(N2CC3CC3C2)CC1.CN1CCC(N2CCC(F)(F)C2)CC1.CN1CCC(N2CCC[C@@H]2C(F)(F)F)CC1.CN1CCC(N2CCC[C@@H]2C(F)F)CC1.CN1CCC(N2CCC[C@@H]2CF)CC1.CN1CCC(N2CCC[C@H]2C(F)(F)F)CC1.CN1CCC(N2CC[C@@H](F)C2)CC1.CN1CCC(N2CC[C@H](F)C2)CC1.CNC(=O)N1Cc2ccccc2C1C1CCN(C)CC1. The van der Waals surface area contributed by atoms with Crippen LogP contribution in [0.4, 0.5) is 61.9 Å². The third-order valence-corrected chi connectivity index (χ3v) is 34.3. The average Bonchev–Trinajstić information content (AvgIpc) is 1.63. The standard InChI is InChI=1S/C16H23N3O.2C11H19F3N2.C11H20F2N2.C11H21FN2.C11H20N2.C10H18F2N2.2C10H19FN2/c1-17-16(20)19-11-13-5-3-4-6-14(13)15(19)12-7-9-18(2)10-8-12;2*1-15-7-4-9(5-8-15)16-6-2-3-10(16)11(12,13)14;1-14-7-4-9(5-8-14)15-6-2-3-10(15)11(12)13;1-13-7-4-10(5-8-13)14-6-2-3-11(14)9-12;1-12-4-2-11(3-5-12)13-7-9-6-10(9)8-13;1-13-5-2-9(3-6-13)14-7-4-10(11,12)8-14;2*1-12-5-3-10(4-6-12)13-7-2-9(11)8-13/h3-6,12,15H,7-11H2,1-2H3,(H,17,20);2*9-10H,2-8H2,1H3;9-11H,2-8H2,1H3;10-11H,2-9H2,1H3;9-11H,2-8H2,1H3;9H,2-8H2,1H3;2*9-10H,2-8H2,1H3/t;3*10-;11-;;;2*9-/m.1011..10/s1. The summed E-state index contributed by atoms with van der Waals surface area (Å²) in [5.74, 6) is 0.370. The summed E-state index contributed by atoms with van der Waals surface area (Å²) in [4.78, 5) is 52.4. The first-order valence-corrected chi connectivity index (χ1v) is 52.9. The number of alkyl halides is 13. The molecule has 3 unspecified atom stereocenters. The Morgan fingerprint density at radius 1 is 0.381 bits per heavy atom. The largest absolute Gasteiger partial charge is 0.404 e. The number of hydrogen-bond donors (Lipinski definition) is 1. The quantitative estimate of drug-likeness (QED) is 0.213. The molecule has 2 amide bonds. The number of amides is 2. The Balaban J connectivity index is 0.000000136. The predicted molar refractivity (Wildman–Crippen MR) is 513 cm³/mol. The summed E-state index contributed by atoms with van der Waals surface area (Å²) in [5, 5.41) is 2.80. The van der Waals surface area contributed by atoms with E-state index in [0.717, 1.165) is 193 Å². The van der Waals surface area contributed by atoms with Gasteiger partial charge in [0.05, 0.1) is 18.6 Å². The van der Waals surface area contributed by atoms with Crippen molar-refractivity contribution in [3.05, 3.63) is 35.4 Å². The van der Waals surface area contributed by atoms with Crippen LogP contribution < -0.4 is 5.32 Å². The van der Waals surface area contributed by atoms with Gasteiger partial charge in [-0.1, -0.05) is 24.3 Å². The normalized spacial score (nSPS) is 31.9. The Kier molecular flexibility index (Phi) is 43.3. The van der Waals surface area contributed by atoms with Gasteiger partial charge in [0.2, 0.25) is 0 Å². The molecular weight excluding hydrogens is 1740 g/mol. The van der Waals surface area contributed by atoms with Crippen LogP contribution in [0.1, 0.15) is 210 Å². The van der Waals surface area contributed by atoms with Crippen LogP contribution in [0, 0.1) is 17.8 Å². The number of carbonyl (C=O) groups excluding carboxylic acids is 1. The van der Waals surface area contributed by atoms with E-state index in [2.05, 4.69) is 148 Å². The van der Waals surface area contributed by atoms with Crippen molar-refractivity contribution in [3.8, 4) is 0 Å². The first-order chi connectivity index (χ1) is 64.1. The molecule has 1 N–H and O–H groups in total. The van der Waals surface area contributed by atoms with Crippen LogP contribution in [0.5, 0.6) is 0 Å². The Bertz CT molecular complexity index is 3310. The summed E-state index contributed by atoms with van der Waals surface area (Å²) in [6.07, 6.45) is 17.9. The Hall–Kier alpha value is -3.10. The molecule has 9 atom stereocenters. The molecule has 1 aromatic carbocycles. The number of carbonyl (C=O) groups is 1. The van der Waals surface area contributed by atoms with Crippen molar-refractivity contribution in [2.75, 3.05) is 273 Å². The molecule has 19 aliphatic rings. The van der Waals surface area contributed by atoms with Gasteiger partial charge >= 0.3 is 18.4 Å². The molecule has 18 heterocycles. The van der Waals surface area contributed by atoms with Gasteiger partial charge in [0.1, 0.15) is 31.1 Å². The first-order valence-electron chi connectivity index (χ1n) is 52.9. The fourth-order valence-electron chi connectivity index (χ4n) is 25.5. The number of rotatable bonds is 11. The molecule has 1 saturated carbocycles. The van der Waals surface area contributed by atoms with E-state index in [0.29, 0.717) is 88.1 Å². The van der Waals surface area contributed by atoms with Crippen molar-refractivity contribution in [3.63, 3.8) is 0 Å². The second kappa shape index (κ2) is 52.9. The van der Waals surface area contributed by atoms with Gasteiger partial charge in [-0.25, -0.2) is 35.5 Å². The lowest BCUT2D eigenvalue weighted by Crippen LogP contribution is -2.50. The summed E-state index contributed by atoms with van der Waals surface area (Å²) >= 11 is 0. The van der Waals surface area contributed by atoms with Crippen LogP contribution in [0.15, 0.2) is 24.3 Å². The van der Waals surface area contributed by atoms with Crippen LogP contribution in [-0.2, 0) is 6.54 Å². The number of likely N-dealkylation sites (tertiary alicyclic amines) is 17. The number of halogens is 13. The maximum absolute atomic E-state index is 13.0. The summed E-state index contributed by atoms with van der Waals surface area (Å²) in [6, 6.07) is 10.2. The van der Waals surface area contributed by atoms with E-state index in [1.54, 1.807) is 23.3 Å². The molecule has 20 nitrogen and oxygen atoms in total. The topological polar surface area (TPSA) is 87.4 Å². The average molecular weight is 1920 g/mol. The minimum atomic E-state index is -4.04. The lowest BCUT2D eigenvalue weighted by atomic mass is 9.85. The van der Waals surface area contributed by atoms with E-state index >= 15 is 0 Å². The van der Waals surface area contributed by atoms with Crippen molar-refractivity contribution >= 4 is 6.03 Å². The van der Waals surface area contributed by atoms with Crippen LogP contribution in [0.2, 0.25) is 0 Å². The molecule has 134 heavy (non-hydrogen) atoms. The number of hydrogen-bond acceptors (Lipinski definition) is 18. The number of nitrogens with one attached hydrogen (secondary N) is 1. The van der Waals surface area contributed by atoms with E-state index in [1.165, 1.54) is 147 Å². The van der Waals surface area contributed by atoms with Gasteiger partial charge in [0.25, 0.3) is 12.3 Å². The maximum Gasteiger partial charge on any atom is 0.404 e. The van der Waals surface area contributed by atoms with Crippen LogP contribution in [-0.4, -0.2) is 477 Å². The van der Waals surface area contributed by atoms with Gasteiger partial charge < -0.3 is 54.3 Å². The zero-order valence-electron chi connectivity index (χ0n) is 84.0. The van der Waals surface area contributed by atoms with Gasteiger partial charge in [-0.3, -0.25) is 39.2 Å². The molecule has 20 rings (SSSR count). The Morgan fingerprint density at radius 2 is 0.716 bits per heavy atom. The number of nitrogens with zero attached hydrogens (tertiary/aromatic N) is 18. The van der Waals surface area contributed by atoms with Crippen molar-refractivity contribution in [2.24, 2.45) is 17.8 Å². The number of benzene rings is 1. The van der Waals surface area contributed by atoms with Gasteiger partial charge in [-0.2, -0.15) is 26.3 Å². The highest BCUT2D eigenvalue weighted by atomic mass is 19.4. The first kappa shape index (κ1) is 110. The molecule has 774 valence electrons. The number of fused-ring (bicyclic) bond motifs is 2. The van der Waals surface area contributed by atoms with Crippen molar-refractivity contribution in [2.45, 2.75) is 315 Å². The van der Waals surface area contributed by atoms with E-state index in [9.17, 15) is 61.9 Å². The summed E-state index contributed by atoms with van der Waals surface area (Å²) in [7, 11) is 20.9. The Morgan fingerprint density at radius 3 is 1.07 bits per heavy atom. The monoisotopic (exact) mass is 1920 g/mol. The Labute approximate surface area is 799 Å².